The number of aromatic nitrogens is 2. The molecule has 0 spiro atoms. The molecule has 2 N–H and O–H groups in total. The van der Waals surface area contributed by atoms with Crippen molar-refractivity contribution in [1.82, 2.24) is 9.78 Å². The second-order valence-electron chi connectivity index (χ2n) is 5.56. The molecule has 1 aromatic carbocycles. The molecule has 94 valence electrons. The molecular weight excluding hydrogens is 222 g/mol. The van der Waals surface area contributed by atoms with E-state index in [1.54, 1.807) is 0 Å². The number of fused-ring (bicyclic) bond motifs is 1. The summed E-state index contributed by atoms with van der Waals surface area (Å²) in [6.45, 7) is 2.02. The topological polar surface area (TPSA) is 43.8 Å². The Hall–Kier alpha value is -1.61. The third kappa shape index (κ3) is 1.95. The highest BCUT2D eigenvalue weighted by Gasteiger charge is 2.34. The molecule has 0 aliphatic heterocycles. The minimum absolute atomic E-state index is 0.149. The number of nitrogens with two attached hydrogens (primary N) is 1. The molecule has 3 nitrogen and oxygen atoms in total. The highest BCUT2D eigenvalue weighted by molar-refractivity contribution is 5.37. The van der Waals surface area contributed by atoms with Crippen LogP contribution < -0.4 is 5.73 Å². The van der Waals surface area contributed by atoms with Crippen LogP contribution in [-0.4, -0.2) is 15.3 Å². The minimum Gasteiger partial charge on any atom is -0.324 e. The van der Waals surface area contributed by atoms with Crippen molar-refractivity contribution in [3.05, 3.63) is 52.8 Å². The summed E-state index contributed by atoms with van der Waals surface area (Å²) in [5.41, 5.74) is 11.5. The molecule has 1 aromatic heterocycles. The van der Waals surface area contributed by atoms with Crippen LogP contribution in [0, 0.1) is 6.92 Å². The fraction of sp³-hybridized carbons (Fsp3) is 0.400. The van der Waals surface area contributed by atoms with E-state index in [0.29, 0.717) is 0 Å². The molecule has 0 radical (unpaired) electrons. The Morgan fingerprint density at radius 1 is 1.28 bits per heavy atom. The van der Waals surface area contributed by atoms with Gasteiger partial charge in [-0.2, -0.15) is 5.10 Å². The van der Waals surface area contributed by atoms with Crippen LogP contribution in [0.25, 0.3) is 0 Å². The molecule has 1 heterocycles. The fourth-order valence-corrected chi connectivity index (χ4v) is 3.04. The van der Waals surface area contributed by atoms with Gasteiger partial charge < -0.3 is 5.73 Å². The Bertz CT molecular complexity index is 558. The van der Waals surface area contributed by atoms with E-state index in [2.05, 4.69) is 35.4 Å². The summed E-state index contributed by atoms with van der Waals surface area (Å²) in [5, 5.41) is 4.39. The van der Waals surface area contributed by atoms with Gasteiger partial charge in [0.15, 0.2) is 0 Å². The summed E-state index contributed by atoms with van der Waals surface area (Å²) < 4.78 is 1.95. The predicted molar refractivity (Wildman–Crippen MR) is 72.4 cm³/mol. The first-order valence-electron chi connectivity index (χ1n) is 6.41. The zero-order valence-electron chi connectivity index (χ0n) is 11.0. The van der Waals surface area contributed by atoms with Crippen molar-refractivity contribution < 1.29 is 0 Å². The Balaban J connectivity index is 1.85. The molecule has 2 aromatic rings. The highest BCUT2D eigenvalue weighted by Crippen LogP contribution is 2.30. The van der Waals surface area contributed by atoms with Crippen LogP contribution in [0.15, 0.2) is 30.3 Å². The SMILES string of the molecule is Cc1cc(CC2(N)Cc3ccccc3C2)n(C)n1. The van der Waals surface area contributed by atoms with Gasteiger partial charge in [-0.3, -0.25) is 4.68 Å². The van der Waals surface area contributed by atoms with Crippen molar-refractivity contribution in [3.8, 4) is 0 Å². The van der Waals surface area contributed by atoms with Crippen molar-refractivity contribution in [2.24, 2.45) is 12.8 Å². The Morgan fingerprint density at radius 3 is 2.39 bits per heavy atom. The number of benzene rings is 1. The lowest BCUT2D eigenvalue weighted by Gasteiger charge is -2.23. The van der Waals surface area contributed by atoms with Gasteiger partial charge in [0.2, 0.25) is 0 Å². The summed E-state index contributed by atoms with van der Waals surface area (Å²) >= 11 is 0. The number of nitrogens with zero attached hydrogens (tertiary/aromatic N) is 2. The Kier molecular flexibility index (Phi) is 2.52. The van der Waals surface area contributed by atoms with E-state index in [0.717, 1.165) is 25.0 Å². The number of hydrogen-bond donors (Lipinski definition) is 1. The van der Waals surface area contributed by atoms with E-state index >= 15 is 0 Å². The number of aryl methyl sites for hydroxylation is 2. The monoisotopic (exact) mass is 241 g/mol. The molecule has 0 fully saturated rings. The first kappa shape index (κ1) is 11.5. The predicted octanol–water partition coefficient (Wildman–Crippen LogP) is 1.77. The second-order valence-corrected chi connectivity index (χ2v) is 5.56. The van der Waals surface area contributed by atoms with E-state index < -0.39 is 0 Å². The normalized spacial score (nSPS) is 16.8. The minimum atomic E-state index is -0.149. The Morgan fingerprint density at radius 2 is 1.89 bits per heavy atom. The molecular formula is C15H19N3. The highest BCUT2D eigenvalue weighted by atomic mass is 15.3. The van der Waals surface area contributed by atoms with Gasteiger partial charge in [0.05, 0.1) is 5.69 Å². The molecule has 1 aliphatic rings. The van der Waals surface area contributed by atoms with Crippen LogP contribution in [0.4, 0.5) is 0 Å². The lowest BCUT2D eigenvalue weighted by atomic mass is 9.91. The van der Waals surface area contributed by atoms with Gasteiger partial charge in [-0.1, -0.05) is 24.3 Å². The van der Waals surface area contributed by atoms with Crippen molar-refractivity contribution in [2.75, 3.05) is 0 Å². The molecule has 0 unspecified atom stereocenters. The van der Waals surface area contributed by atoms with E-state index in [9.17, 15) is 0 Å². The average molecular weight is 241 g/mol. The maximum atomic E-state index is 6.58. The third-order valence-corrected chi connectivity index (χ3v) is 3.84. The van der Waals surface area contributed by atoms with E-state index in [1.165, 1.54) is 16.8 Å². The van der Waals surface area contributed by atoms with Crippen LogP contribution in [0.2, 0.25) is 0 Å². The number of hydrogen-bond acceptors (Lipinski definition) is 2. The quantitative estimate of drug-likeness (QED) is 0.870. The molecule has 0 bridgehead atoms. The Labute approximate surface area is 108 Å². The summed E-state index contributed by atoms with van der Waals surface area (Å²) in [4.78, 5) is 0. The second kappa shape index (κ2) is 3.95. The van der Waals surface area contributed by atoms with Crippen molar-refractivity contribution in [1.29, 1.82) is 0 Å². The summed E-state index contributed by atoms with van der Waals surface area (Å²) in [6, 6.07) is 10.7. The largest absolute Gasteiger partial charge is 0.324 e. The molecule has 1 aliphatic carbocycles. The zero-order chi connectivity index (χ0) is 12.8. The molecule has 3 heteroatoms. The first-order valence-corrected chi connectivity index (χ1v) is 6.41. The van der Waals surface area contributed by atoms with Gasteiger partial charge in [-0.25, -0.2) is 0 Å². The smallest absolute Gasteiger partial charge is 0.0596 e. The summed E-state index contributed by atoms with van der Waals surface area (Å²) in [6.07, 6.45) is 2.82. The fourth-order valence-electron chi connectivity index (χ4n) is 3.04. The average Bonchev–Trinajstić information content (AvgIpc) is 2.78. The van der Waals surface area contributed by atoms with Crippen molar-refractivity contribution in [3.63, 3.8) is 0 Å². The van der Waals surface area contributed by atoms with E-state index in [-0.39, 0.29) is 5.54 Å². The van der Waals surface area contributed by atoms with Crippen LogP contribution in [0.5, 0.6) is 0 Å². The standard InChI is InChI=1S/C15H19N3/c1-11-7-14(18(2)17-11)10-15(16)8-12-5-3-4-6-13(12)9-15/h3-7H,8-10,16H2,1-2H3. The van der Waals surface area contributed by atoms with Crippen LogP contribution in [0.3, 0.4) is 0 Å². The van der Waals surface area contributed by atoms with Gasteiger partial charge in [0.25, 0.3) is 0 Å². The lowest BCUT2D eigenvalue weighted by Crippen LogP contribution is -2.43. The maximum absolute atomic E-state index is 6.58. The van der Waals surface area contributed by atoms with Gasteiger partial charge in [-0.15, -0.1) is 0 Å². The zero-order valence-corrected chi connectivity index (χ0v) is 11.0. The molecule has 3 rings (SSSR count). The lowest BCUT2D eigenvalue weighted by molar-refractivity contribution is 0.432. The van der Waals surface area contributed by atoms with Gasteiger partial charge in [0, 0.05) is 24.7 Å². The van der Waals surface area contributed by atoms with Gasteiger partial charge in [-0.05, 0) is 37.0 Å². The molecule has 0 saturated heterocycles. The van der Waals surface area contributed by atoms with Crippen molar-refractivity contribution >= 4 is 0 Å². The summed E-state index contributed by atoms with van der Waals surface area (Å²) in [5.74, 6) is 0. The van der Waals surface area contributed by atoms with E-state index in [4.69, 9.17) is 5.73 Å². The van der Waals surface area contributed by atoms with Gasteiger partial charge in [0.1, 0.15) is 0 Å². The van der Waals surface area contributed by atoms with Crippen LogP contribution in [0.1, 0.15) is 22.5 Å². The molecule has 18 heavy (non-hydrogen) atoms. The first-order chi connectivity index (χ1) is 8.56. The number of rotatable bonds is 2. The van der Waals surface area contributed by atoms with E-state index in [1.807, 2.05) is 18.7 Å². The maximum Gasteiger partial charge on any atom is 0.0596 e. The molecule has 0 atom stereocenters. The van der Waals surface area contributed by atoms with Crippen LogP contribution in [-0.2, 0) is 26.3 Å². The van der Waals surface area contributed by atoms with Crippen molar-refractivity contribution in [2.45, 2.75) is 31.7 Å². The molecule has 0 saturated carbocycles. The third-order valence-electron chi connectivity index (χ3n) is 3.84. The summed E-state index contributed by atoms with van der Waals surface area (Å²) in [7, 11) is 1.99. The van der Waals surface area contributed by atoms with Crippen LogP contribution >= 0.6 is 0 Å². The van der Waals surface area contributed by atoms with Gasteiger partial charge >= 0.3 is 0 Å². The molecule has 0 amide bonds.